The Labute approximate surface area is 148 Å². The largest absolute Gasteiger partial charge is 0.448 e. The smallest absolute Gasteiger partial charge is 0.410 e. The van der Waals surface area contributed by atoms with E-state index in [1.807, 2.05) is 4.90 Å². The molecular formula is C21H24N2O2. The molecule has 2 aromatic rings. The summed E-state index contributed by atoms with van der Waals surface area (Å²) in [5.41, 5.74) is 10.8. The van der Waals surface area contributed by atoms with Gasteiger partial charge in [-0.3, -0.25) is 0 Å². The van der Waals surface area contributed by atoms with Crippen molar-refractivity contribution in [1.29, 1.82) is 0 Å². The van der Waals surface area contributed by atoms with E-state index in [0.29, 0.717) is 13.2 Å². The third kappa shape index (κ3) is 2.91. The van der Waals surface area contributed by atoms with Crippen LogP contribution < -0.4 is 5.73 Å². The van der Waals surface area contributed by atoms with Crippen LogP contribution in [0.3, 0.4) is 0 Å². The Morgan fingerprint density at radius 1 is 1.04 bits per heavy atom. The molecule has 1 atom stereocenters. The fraction of sp³-hybridized carbons (Fsp3) is 0.381. The summed E-state index contributed by atoms with van der Waals surface area (Å²) in [6.45, 7) is 1.63. The van der Waals surface area contributed by atoms with Crippen molar-refractivity contribution in [3.8, 4) is 11.1 Å². The van der Waals surface area contributed by atoms with E-state index < -0.39 is 0 Å². The summed E-state index contributed by atoms with van der Waals surface area (Å²) < 4.78 is 5.74. The molecule has 25 heavy (non-hydrogen) atoms. The van der Waals surface area contributed by atoms with E-state index in [2.05, 4.69) is 48.5 Å². The van der Waals surface area contributed by atoms with Gasteiger partial charge in [0.05, 0.1) is 0 Å². The van der Waals surface area contributed by atoms with E-state index in [9.17, 15) is 4.79 Å². The van der Waals surface area contributed by atoms with Gasteiger partial charge in [0.15, 0.2) is 0 Å². The Balaban J connectivity index is 1.52. The minimum absolute atomic E-state index is 0.109. The number of rotatable bonds is 3. The van der Waals surface area contributed by atoms with E-state index in [4.69, 9.17) is 10.5 Å². The molecule has 0 spiro atoms. The summed E-state index contributed by atoms with van der Waals surface area (Å²) in [4.78, 5) is 14.4. The second-order valence-electron chi connectivity index (χ2n) is 6.88. The number of fused-ring (bicyclic) bond motifs is 3. The standard InChI is InChI=1S/C21H24N2O2/c22-13-15-7-5-6-12-23(15)21(24)25-14-20-18-10-3-1-8-16(18)17-9-2-4-11-19(17)20/h1-4,8-11,15,20H,5-7,12-14,22H2. The number of carbonyl (C=O) groups is 1. The monoisotopic (exact) mass is 336 g/mol. The first-order chi connectivity index (χ1) is 12.3. The van der Waals surface area contributed by atoms with Crippen molar-refractivity contribution in [1.82, 2.24) is 4.90 Å². The molecule has 2 N–H and O–H groups in total. The summed E-state index contributed by atoms with van der Waals surface area (Å²) in [5, 5.41) is 0. The highest BCUT2D eigenvalue weighted by molar-refractivity contribution is 5.79. The number of benzene rings is 2. The topological polar surface area (TPSA) is 55.6 Å². The lowest BCUT2D eigenvalue weighted by molar-refractivity contribution is 0.0731. The molecule has 1 aliphatic heterocycles. The van der Waals surface area contributed by atoms with Crippen molar-refractivity contribution < 1.29 is 9.53 Å². The summed E-state index contributed by atoms with van der Waals surface area (Å²) in [6, 6.07) is 16.9. The second kappa shape index (κ2) is 6.89. The molecule has 0 aromatic heterocycles. The minimum atomic E-state index is -0.225. The van der Waals surface area contributed by atoms with Crippen LogP contribution in [0.25, 0.3) is 11.1 Å². The Kier molecular flexibility index (Phi) is 4.45. The maximum atomic E-state index is 12.6. The van der Waals surface area contributed by atoms with E-state index in [0.717, 1.165) is 25.8 Å². The number of piperidine rings is 1. The normalized spacial score (nSPS) is 19.4. The van der Waals surface area contributed by atoms with E-state index in [1.165, 1.54) is 22.3 Å². The molecule has 4 rings (SSSR count). The van der Waals surface area contributed by atoms with Gasteiger partial charge in [0.2, 0.25) is 0 Å². The van der Waals surface area contributed by atoms with Gasteiger partial charge in [0.1, 0.15) is 6.61 Å². The van der Waals surface area contributed by atoms with Crippen LogP contribution in [0.1, 0.15) is 36.3 Å². The molecule has 0 bridgehead atoms. The number of carbonyl (C=O) groups excluding carboxylic acids is 1. The van der Waals surface area contributed by atoms with E-state index >= 15 is 0 Å². The van der Waals surface area contributed by atoms with Crippen LogP contribution in [0.4, 0.5) is 4.79 Å². The lowest BCUT2D eigenvalue weighted by atomic mass is 9.98. The zero-order valence-corrected chi connectivity index (χ0v) is 14.4. The van der Waals surface area contributed by atoms with Gasteiger partial charge >= 0.3 is 6.09 Å². The lowest BCUT2D eigenvalue weighted by Crippen LogP contribution is -2.47. The average Bonchev–Trinajstić information content (AvgIpc) is 3.00. The Morgan fingerprint density at radius 3 is 2.32 bits per heavy atom. The molecule has 2 aromatic carbocycles. The van der Waals surface area contributed by atoms with Crippen LogP contribution >= 0.6 is 0 Å². The van der Waals surface area contributed by atoms with Crippen LogP contribution in [0.2, 0.25) is 0 Å². The summed E-state index contributed by atoms with van der Waals surface area (Å²) in [5.74, 6) is 0.109. The second-order valence-corrected chi connectivity index (χ2v) is 6.88. The highest BCUT2D eigenvalue weighted by Crippen LogP contribution is 2.44. The number of ether oxygens (including phenoxy) is 1. The summed E-state index contributed by atoms with van der Waals surface area (Å²) in [7, 11) is 0. The SMILES string of the molecule is NCC1CCCCN1C(=O)OCC1c2ccccc2-c2ccccc21. The van der Waals surface area contributed by atoms with Crippen LogP contribution in [0.15, 0.2) is 48.5 Å². The highest BCUT2D eigenvalue weighted by Gasteiger charge is 2.31. The fourth-order valence-corrected chi connectivity index (χ4v) is 4.16. The minimum Gasteiger partial charge on any atom is -0.448 e. The molecule has 4 nitrogen and oxygen atoms in total. The van der Waals surface area contributed by atoms with Crippen LogP contribution in [0, 0.1) is 0 Å². The number of hydrogen-bond donors (Lipinski definition) is 1. The molecule has 1 heterocycles. The number of nitrogens with zero attached hydrogens (tertiary/aromatic N) is 1. The Hall–Kier alpha value is -2.33. The van der Waals surface area contributed by atoms with Crippen molar-refractivity contribution >= 4 is 6.09 Å². The lowest BCUT2D eigenvalue weighted by Gasteiger charge is -2.34. The Morgan fingerprint density at radius 2 is 1.68 bits per heavy atom. The van der Waals surface area contributed by atoms with Gasteiger partial charge in [-0.25, -0.2) is 4.79 Å². The molecule has 0 radical (unpaired) electrons. The molecule has 130 valence electrons. The molecule has 1 fully saturated rings. The Bertz CT molecular complexity index is 728. The third-order valence-corrected chi connectivity index (χ3v) is 5.47. The van der Waals surface area contributed by atoms with Crippen molar-refractivity contribution in [3.05, 3.63) is 59.7 Å². The van der Waals surface area contributed by atoms with Crippen molar-refractivity contribution in [2.24, 2.45) is 5.73 Å². The van der Waals surface area contributed by atoms with Gasteiger partial charge in [-0.05, 0) is 41.5 Å². The first-order valence-corrected chi connectivity index (χ1v) is 9.11. The van der Waals surface area contributed by atoms with Crippen LogP contribution in [-0.4, -0.2) is 36.7 Å². The third-order valence-electron chi connectivity index (χ3n) is 5.47. The van der Waals surface area contributed by atoms with Crippen LogP contribution in [0.5, 0.6) is 0 Å². The molecule has 1 amide bonds. The molecule has 1 saturated heterocycles. The van der Waals surface area contributed by atoms with Gasteiger partial charge in [-0.1, -0.05) is 48.5 Å². The predicted molar refractivity (Wildman–Crippen MR) is 98.5 cm³/mol. The first-order valence-electron chi connectivity index (χ1n) is 9.11. The summed E-state index contributed by atoms with van der Waals surface area (Å²) in [6.07, 6.45) is 2.91. The molecule has 2 aliphatic rings. The van der Waals surface area contributed by atoms with Gasteiger partial charge in [0, 0.05) is 25.0 Å². The van der Waals surface area contributed by atoms with Crippen LogP contribution in [-0.2, 0) is 4.74 Å². The quantitative estimate of drug-likeness (QED) is 0.929. The fourth-order valence-electron chi connectivity index (χ4n) is 4.16. The number of amides is 1. The summed E-state index contributed by atoms with van der Waals surface area (Å²) >= 11 is 0. The van der Waals surface area contributed by atoms with Gasteiger partial charge in [-0.15, -0.1) is 0 Å². The zero-order valence-electron chi connectivity index (χ0n) is 14.4. The molecule has 1 unspecified atom stereocenters. The zero-order chi connectivity index (χ0) is 17.2. The average molecular weight is 336 g/mol. The van der Waals surface area contributed by atoms with Gasteiger partial charge in [-0.2, -0.15) is 0 Å². The van der Waals surface area contributed by atoms with Crippen molar-refractivity contribution in [3.63, 3.8) is 0 Å². The number of nitrogens with two attached hydrogens (primary N) is 1. The van der Waals surface area contributed by atoms with Crippen molar-refractivity contribution in [2.75, 3.05) is 19.7 Å². The molecule has 4 heteroatoms. The van der Waals surface area contributed by atoms with Crippen molar-refractivity contribution in [2.45, 2.75) is 31.2 Å². The highest BCUT2D eigenvalue weighted by atomic mass is 16.6. The molecule has 1 aliphatic carbocycles. The number of hydrogen-bond acceptors (Lipinski definition) is 3. The van der Waals surface area contributed by atoms with E-state index in [-0.39, 0.29) is 18.1 Å². The van der Waals surface area contributed by atoms with Gasteiger partial charge < -0.3 is 15.4 Å². The molecular weight excluding hydrogens is 312 g/mol. The maximum absolute atomic E-state index is 12.6. The first kappa shape index (κ1) is 16.2. The number of likely N-dealkylation sites (tertiary alicyclic amines) is 1. The maximum Gasteiger partial charge on any atom is 0.410 e. The predicted octanol–water partition coefficient (Wildman–Crippen LogP) is 3.75. The molecule has 0 saturated carbocycles. The van der Waals surface area contributed by atoms with Gasteiger partial charge in [0.25, 0.3) is 0 Å². The van der Waals surface area contributed by atoms with E-state index in [1.54, 1.807) is 0 Å².